The maximum absolute atomic E-state index is 14.0. The first kappa shape index (κ1) is 24.2. The predicted octanol–water partition coefficient (Wildman–Crippen LogP) is 3.48. The van der Waals surface area contributed by atoms with E-state index >= 15 is 0 Å². The molecule has 170 valence electrons. The molecule has 1 saturated heterocycles. The monoisotopic (exact) mass is 558 g/mol. The van der Waals surface area contributed by atoms with E-state index in [1.165, 1.54) is 16.5 Å². The van der Waals surface area contributed by atoms with E-state index in [0.717, 1.165) is 58.1 Å². The Bertz CT molecular complexity index is 875. The molecule has 1 fully saturated rings. The summed E-state index contributed by atoms with van der Waals surface area (Å²) in [6, 6.07) is 5.96. The van der Waals surface area contributed by atoms with Crippen LogP contribution in [0, 0.1) is 5.82 Å². The summed E-state index contributed by atoms with van der Waals surface area (Å²) in [6.07, 6.45) is 3.72. The van der Waals surface area contributed by atoms with Crippen molar-refractivity contribution in [1.82, 2.24) is 20.5 Å². The number of guanidine groups is 1. The Kier molecular flexibility index (Phi) is 8.91. The summed E-state index contributed by atoms with van der Waals surface area (Å²) in [5.41, 5.74) is 1.47. The Balaban J connectivity index is 0.00000272. The van der Waals surface area contributed by atoms with Crippen molar-refractivity contribution in [3.8, 4) is 0 Å². The number of thiophene rings is 1. The number of hydrogen-bond donors (Lipinski definition) is 2. The van der Waals surface area contributed by atoms with Gasteiger partial charge in [-0.05, 0) is 55.8 Å². The molecule has 0 bridgehead atoms. The van der Waals surface area contributed by atoms with Crippen molar-refractivity contribution >= 4 is 47.1 Å². The van der Waals surface area contributed by atoms with Crippen molar-refractivity contribution in [2.75, 3.05) is 37.6 Å². The van der Waals surface area contributed by atoms with Crippen molar-refractivity contribution in [2.45, 2.75) is 45.3 Å². The summed E-state index contributed by atoms with van der Waals surface area (Å²) in [5.74, 6) is 1.02. The standard InChI is InChI=1S/C22H31FN6S.HI/c1-3-24-22(26-13-16(2)28-11-7-20-17(14-28)8-12-30-20)27-18-6-10-29(15-18)21-19(23)5-4-9-25-21;/h4-5,8-9,12,16,18H,3,6-7,10-11,13-15H2,1-2H3,(H2,24,26,27);1H. The van der Waals surface area contributed by atoms with Crippen LogP contribution in [0.2, 0.25) is 0 Å². The molecule has 4 heterocycles. The van der Waals surface area contributed by atoms with Gasteiger partial charge in [0.05, 0.1) is 6.54 Å². The zero-order valence-corrected chi connectivity index (χ0v) is 21.3. The van der Waals surface area contributed by atoms with Crippen LogP contribution in [-0.4, -0.2) is 60.7 Å². The summed E-state index contributed by atoms with van der Waals surface area (Å²) in [4.78, 5) is 15.1. The molecule has 2 aliphatic rings. The highest BCUT2D eigenvalue weighted by molar-refractivity contribution is 14.0. The number of nitrogens with zero attached hydrogens (tertiary/aromatic N) is 4. The fourth-order valence-corrected chi connectivity index (χ4v) is 5.07. The Hall–Kier alpha value is -1.46. The number of nitrogens with one attached hydrogen (secondary N) is 2. The second-order valence-corrected chi connectivity index (χ2v) is 9.04. The van der Waals surface area contributed by atoms with Gasteiger partial charge in [-0.3, -0.25) is 9.89 Å². The molecule has 4 rings (SSSR count). The molecule has 0 aliphatic carbocycles. The SMILES string of the molecule is CCNC(=NCC(C)N1CCc2sccc2C1)NC1CCN(c2ncccc2F)C1.I. The van der Waals surface area contributed by atoms with E-state index in [1.807, 2.05) is 16.2 Å². The first-order chi connectivity index (χ1) is 14.6. The van der Waals surface area contributed by atoms with Gasteiger partial charge in [-0.2, -0.15) is 0 Å². The highest BCUT2D eigenvalue weighted by Gasteiger charge is 2.26. The molecule has 9 heteroatoms. The number of fused-ring (bicyclic) bond motifs is 1. The van der Waals surface area contributed by atoms with Crippen molar-refractivity contribution in [3.63, 3.8) is 0 Å². The second-order valence-electron chi connectivity index (χ2n) is 8.04. The van der Waals surface area contributed by atoms with Crippen LogP contribution >= 0.6 is 35.3 Å². The van der Waals surface area contributed by atoms with Crippen LogP contribution in [0.5, 0.6) is 0 Å². The summed E-state index contributed by atoms with van der Waals surface area (Å²) in [5, 5.41) is 9.10. The minimum absolute atomic E-state index is 0. The zero-order valence-electron chi connectivity index (χ0n) is 18.2. The topological polar surface area (TPSA) is 55.8 Å². The molecule has 2 unspecified atom stereocenters. The van der Waals surface area contributed by atoms with Crippen molar-refractivity contribution in [2.24, 2.45) is 4.99 Å². The molecular weight excluding hydrogens is 526 g/mol. The van der Waals surface area contributed by atoms with Gasteiger partial charge in [-0.25, -0.2) is 9.37 Å². The molecule has 2 aromatic rings. The molecule has 0 saturated carbocycles. The third-order valence-electron chi connectivity index (χ3n) is 5.89. The normalized spacial score (nSPS) is 20.2. The molecule has 2 N–H and O–H groups in total. The fraction of sp³-hybridized carbons (Fsp3) is 0.545. The van der Waals surface area contributed by atoms with Gasteiger partial charge in [0.1, 0.15) is 0 Å². The molecule has 2 aromatic heterocycles. The first-order valence-electron chi connectivity index (χ1n) is 10.8. The minimum Gasteiger partial charge on any atom is -0.357 e. The van der Waals surface area contributed by atoms with E-state index in [4.69, 9.17) is 4.99 Å². The molecular formula is C22H32FIN6S. The number of anilines is 1. The largest absolute Gasteiger partial charge is 0.357 e. The van der Waals surface area contributed by atoms with Gasteiger partial charge >= 0.3 is 0 Å². The van der Waals surface area contributed by atoms with Gasteiger partial charge in [0.25, 0.3) is 0 Å². The van der Waals surface area contributed by atoms with Crippen LogP contribution in [0.15, 0.2) is 34.8 Å². The lowest BCUT2D eigenvalue weighted by Gasteiger charge is -2.31. The molecule has 31 heavy (non-hydrogen) atoms. The smallest absolute Gasteiger partial charge is 0.191 e. The van der Waals surface area contributed by atoms with Crippen LogP contribution in [0.4, 0.5) is 10.2 Å². The summed E-state index contributed by atoms with van der Waals surface area (Å²) < 4.78 is 14.0. The molecule has 0 spiro atoms. The van der Waals surface area contributed by atoms with Crippen molar-refractivity contribution in [1.29, 1.82) is 0 Å². The number of hydrogen-bond acceptors (Lipinski definition) is 5. The lowest BCUT2D eigenvalue weighted by Crippen LogP contribution is -2.46. The summed E-state index contributed by atoms with van der Waals surface area (Å²) in [6.45, 7) is 9.53. The van der Waals surface area contributed by atoms with E-state index in [0.29, 0.717) is 11.9 Å². The van der Waals surface area contributed by atoms with Crippen LogP contribution in [0.1, 0.15) is 30.7 Å². The maximum atomic E-state index is 14.0. The highest BCUT2D eigenvalue weighted by Crippen LogP contribution is 2.25. The Morgan fingerprint density at radius 1 is 1.39 bits per heavy atom. The number of halogens is 2. The van der Waals surface area contributed by atoms with E-state index in [2.05, 4.69) is 45.8 Å². The van der Waals surface area contributed by atoms with E-state index in [-0.39, 0.29) is 35.8 Å². The van der Waals surface area contributed by atoms with Crippen LogP contribution in [-0.2, 0) is 13.0 Å². The van der Waals surface area contributed by atoms with Gasteiger partial charge in [-0.1, -0.05) is 0 Å². The Morgan fingerprint density at radius 3 is 3.06 bits per heavy atom. The number of aliphatic imine (C=N–C) groups is 1. The molecule has 2 aliphatic heterocycles. The predicted molar refractivity (Wildman–Crippen MR) is 137 cm³/mol. The molecule has 6 nitrogen and oxygen atoms in total. The Morgan fingerprint density at radius 2 is 2.26 bits per heavy atom. The average molecular weight is 559 g/mol. The molecule has 0 aromatic carbocycles. The van der Waals surface area contributed by atoms with E-state index in [1.54, 1.807) is 12.3 Å². The van der Waals surface area contributed by atoms with Crippen molar-refractivity contribution < 1.29 is 4.39 Å². The van der Waals surface area contributed by atoms with Crippen LogP contribution in [0.25, 0.3) is 0 Å². The first-order valence-corrected chi connectivity index (χ1v) is 11.7. The second kappa shape index (κ2) is 11.4. The third kappa shape index (κ3) is 6.07. The van der Waals surface area contributed by atoms with Crippen LogP contribution < -0.4 is 15.5 Å². The molecule has 0 radical (unpaired) electrons. The molecule has 2 atom stereocenters. The van der Waals surface area contributed by atoms with Gasteiger partial charge in [-0.15, -0.1) is 35.3 Å². The van der Waals surface area contributed by atoms with Gasteiger partial charge < -0.3 is 15.5 Å². The van der Waals surface area contributed by atoms with E-state index < -0.39 is 0 Å². The zero-order chi connectivity index (χ0) is 20.9. The number of pyridine rings is 1. The highest BCUT2D eigenvalue weighted by atomic mass is 127. The molecule has 0 amide bonds. The third-order valence-corrected chi connectivity index (χ3v) is 6.91. The number of aromatic nitrogens is 1. The average Bonchev–Trinajstić information content (AvgIpc) is 3.41. The summed E-state index contributed by atoms with van der Waals surface area (Å²) in [7, 11) is 0. The van der Waals surface area contributed by atoms with Crippen LogP contribution in [0.3, 0.4) is 0 Å². The minimum atomic E-state index is -0.261. The number of rotatable bonds is 6. The quantitative estimate of drug-likeness (QED) is 0.323. The van der Waals surface area contributed by atoms with Gasteiger partial charge in [0.15, 0.2) is 17.6 Å². The van der Waals surface area contributed by atoms with E-state index in [9.17, 15) is 4.39 Å². The maximum Gasteiger partial charge on any atom is 0.191 e. The van der Waals surface area contributed by atoms with Gasteiger partial charge in [0.2, 0.25) is 0 Å². The lowest BCUT2D eigenvalue weighted by atomic mass is 10.1. The summed E-state index contributed by atoms with van der Waals surface area (Å²) >= 11 is 1.87. The van der Waals surface area contributed by atoms with Crippen molar-refractivity contribution in [3.05, 3.63) is 46.0 Å². The Labute approximate surface area is 205 Å². The lowest BCUT2D eigenvalue weighted by molar-refractivity contribution is 0.197. The van der Waals surface area contributed by atoms with Gasteiger partial charge in [0, 0.05) is 55.9 Å². The fourth-order valence-electron chi connectivity index (χ4n) is 4.18.